The fourth-order valence-electron chi connectivity index (χ4n) is 2.92. The Bertz CT molecular complexity index is 799. The first-order valence-electron chi connectivity index (χ1n) is 7.37. The first-order valence-corrected chi connectivity index (χ1v) is 9.65. The Kier molecular flexibility index (Phi) is 4.33. The molecule has 1 unspecified atom stereocenters. The Hall–Kier alpha value is -1.24. The van der Waals surface area contributed by atoms with Gasteiger partial charge in [0.05, 0.1) is 4.90 Å². The van der Waals surface area contributed by atoms with Crippen molar-refractivity contribution < 1.29 is 12.8 Å². The van der Waals surface area contributed by atoms with E-state index in [0.717, 1.165) is 35.0 Å². The monoisotopic (exact) mass is 397 g/mol. The van der Waals surface area contributed by atoms with Gasteiger partial charge in [-0.2, -0.15) is 0 Å². The Balaban J connectivity index is 1.82. The van der Waals surface area contributed by atoms with Crippen LogP contribution in [-0.2, 0) is 15.4 Å². The zero-order valence-electron chi connectivity index (χ0n) is 12.6. The molecule has 3 nitrogen and oxygen atoms in total. The van der Waals surface area contributed by atoms with Crippen molar-refractivity contribution in [2.24, 2.45) is 0 Å². The minimum atomic E-state index is -3.66. The van der Waals surface area contributed by atoms with Crippen molar-refractivity contribution in [1.29, 1.82) is 0 Å². The molecule has 1 fully saturated rings. The Morgan fingerprint density at radius 1 is 1.09 bits per heavy atom. The predicted molar refractivity (Wildman–Crippen MR) is 91.2 cm³/mol. The van der Waals surface area contributed by atoms with Gasteiger partial charge in [-0.05, 0) is 61.7 Å². The van der Waals surface area contributed by atoms with Crippen LogP contribution in [0.1, 0.15) is 25.3 Å². The molecule has 0 saturated heterocycles. The lowest BCUT2D eigenvalue weighted by Gasteiger charge is -2.25. The third-order valence-electron chi connectivity index (χ3n) is 4.49. The van der Waals surface area contributed by atoms with Crippen LogP contribution in [0.2, 0.25) is 0 Å². The van der Waals surface area contributed by atoms with Gasteiger partial charge in [-0.3, -0.25) is 0 Å². The number of hydrogen-bond donors (Lipinski definition) is 1. The molecule has 1 atom stereocenters. The van der Waals surface area contributed by atoms with Gasteiger partial charge < -0.3 is 0 Å². The molecule has 0 aliphatic heterocycles. The second kappa shape index (κ2) is 6.00. The number of benzene rings is 2. The summed E-state index contributed by atoms with van der Waals surface area (Å²) in [5.74, 6) is -0.453. The third kappa shape index (κ3) is 3.34. The minimum Gasteiger partial charge on any atom is -0.207 e. The first kappa shape index (κ1) is 16.6. The SMILES string of the molecule is CC(NS(=O)(=O)c1ccc(F)cc1)C1(c2ccc(Br)cc2)CC1. The number of hydrogen-bond acceptors (Lipinski definition) is 2. The van der Waals surface area contributed by atoms with E-state index in [9.17, 15) is 12.8 Å². The molecule has 1 saturated carbocycles. The molecule has 2 aromatic rings. The molecule has 0 radical (unpaired) electrons. The van der Waals surface area contributed by atoms with E-state index >= 15 is 0 Å². The highest BCUT2D eigenvalue weighted by molar-refractivity contribution is 9.10. The van der Waals surface area contributed by atoms with Crippen LogP contribution >= 0.6 is 15.9 Å². The molecule has 1 N–H and O–H groups in total. The normalized spacial score (nSPS) is 17.7. The largest absolute Gasteiger partial charge is 0.240 e. The minimum absolute atomic E-state index is 0.0809. The van der Waals surface area contributed by atoms with Crippen LogP contribution in [0.4, 0.5) is 4.39 Å². The topological polar surface area (TPSA) is 46.2 Å². The lowest BCUT2D eigenvalue weighted by molar-refractivity contribution is 0.494. The zero-order valence-corrected chi connectivity index (χ0v) is 15.0. The number of sulfonamides is 1. The second-order valence-corrected chi connectivity index (χ2v) is 8.59. The summed E-state index contributed by atoms with van der Waals surface area (Å²) in [5, 5.41) is 0. The molecular formula is C17H17BrFNO2S. The zero-order chi connectivity index (χ0) is 16.7. The molecule has 0 aromatic heterocycles. The highest BCUT2D eigenvalue weighted by atomic mass is 79.9. The summed E-state index contributed by atoms with van der Waals surface area (Å²) in [6.45, 7) is 1.89. The fourth-order valence-corrected chi connectivity index (χ4v) is 4.50. The van der Waals surface area contributed by atoms with E-state index in [1.165, 1.54) is 12.1 Å². The van der Waals surface area contributed by atoms with Gasteiger partial charge in [-0.25, -0.2) is 17.5 Å². The highest BCUT2D eigenvalue weighted by Gasteiger charge is 2.49. The molecule has 1 aliphatic carbocycles. The van der Waals surface area contributed by atoms with Crippen molar-refractivity contribution in [3.8, 4) is 0 Å². The van der Waals surface area contributed by atoms with Crippen LogP contribution in [0.25, 0.3) is 0 Å². The van der Waals surface area contributed by atoms with E-state index in [0.29, 0.717) is 0 Å². The lowest BCUT2D eigenvalue weighted by Crippen LogP contribution is -2.41. The van der Waals surface area contributed by atoms with E-state index in [1.54, 1.807) is 0 Å². The summed E-state index contributed by atoms with van der Waals surface area (Å²) in [4.78, 5) is 0.0809. The molecule has 0 bridgehead atoms. The van der Waals surface area contributed by atoms with Gasteiger partial charge >= 0.3 is 0 Å². The van der Waals surface area contributed by atoms with Gasteiger partial charge in [0, 0.05) is 15.9 Å². The van der Waals surface area contributed by atoms with Gasteiger partial charge in [0.15, 0.2) is 0 Å². The molecule has 0 spiro atoms. The molecule has 0 amide bonds. The van der Waals surface area contributed by atoms with Gasteiger partial charge in [0.2, 0.25) is 10.0 Å². The van der Waals surface area contributed by atoms with Gasteiger partial charge in [-0.15, -0.1) is 0 Å². The van der Waals surface area contributed by atoms with E-state index < -0.39 is 15.8 Å². The summed E-state index contributed by atoms with van der Waals surface area (Å²) in [6.07, 6.45) is 1.89. The summed E-state index contributed by atoms with van der Waals surface area (Å²) >= 11 is 3.41. The molecule has 23 heavy (non-hydrogen) atoms. The van der Waals surface area contributed by atoms with Crippen molar-refractivity contribution in [3.63, 3.8) is 0 Å². The molecule has 0 heterocycles. The Labute approximate surface area is 144 Å². The van der Waals surface area contributed by atoms with Crippen LogP contribution in [0, 0.1) is 5.82 Å². The summed E-state index contributed by atoms with van der Waals surface area (Å²) in [7, 11) is -3.66. The van der Waals surface area contributed by atoms with E-state index in [4.69, 9.17) is 0 Å². The van der Waals surface area contributed by atoms with Crippen molar-refractivity contribution in [2.75, 3.05) is 0 Å². The lowest BCUT2D eigenvalue weighted by atomic mass is 9.90. The van der Waals surface area contributed by atoms with Crippen molar-refractivity contribution in [2.45, 2.75) is 36.1 Å². The van der Waals surface area contributed by atoms with Crippen LogP contribution < -0.4 is 4.72 Å². The quantitative estimate of drug-likeness (QED) is 0.828. The second-order valence-electron chi connectivity index (χ2n) is 5.96. The molecule has 2 aromatic carbocycles. The number of rotatable bonds is 5. The predicted octanol–water partition coefficient (Wildman–Crippen LogP) is 3.99. The molecule has 6 heteroatoms. The standard InChI is InChI=1S/C17H17BrFNO2S/c1-12(17(10-11-17)13-2-4-14(18)5-3-13)20-23(21,22)16-8-6-15(19)7-9-16/h2-9,12,20H,10-11H2,1H3. The fraction of sp³-hybridized carbons (Fsp3) is 0.294. The number of halogens is 2. The van der Waals surface area contributed by atoms with Crippen molar-refractivity contribution in [1.82, 2.24) is 4.72 Å². The third-order valence-corrected chi connectivity index (χ3v) is 6.58. The summed E-state index contributed by atoms with van der Waals surface area (Å²) in [6, 6.07) is 12.6. The Morgan fingerprint density at radius 2 is 1.65 bits per heavy atom. The maximum atomic E-state index is 13.0. The molecule has 3 rings (SSSR count). The van der Waals surface area contributed by atoms with Gasteiger partial charge in [-0.1, -0.05) is 28.1 Å². The Morgan fingerprint density at radius 3 is 2.17 bits per heavy atom. The maximum absolute atomic E-state index is 13.0. The molecular weight excluding hydrogens is 381 g/mol. The number of nitrogens with one attached hydrogen (secondary N) is 1. The maximum Gasteiger partial charge on any atom is 0.240 e. The van der Waals surface area contributed by atoms with E-state index in [2.05, 4.69) is 20.7 Å². The van der Waals surface area contributed by atoms with Crippen LogP contribution in [0.3, 0.4) is 0 Å². The summed E-state index contributed by atoms with van der Waals surface area (Å²) in [5.41, 5.74) is 0.975. The van der Waals surface area contributed by atoms with Crippen LogP contribution in [0.5, 0.6) is 0 Å². The smallest absolute Gasteiger partial charge is 0.207 e. The van der Waals surface area contributed by atoms with E-state index in [-0.39, 0.29) is 16.4 Å². The van der Waals surface area contributed by atoms with Crippen LogP contribution in [-0.4, -0.2) is 14.5 Å². The molecule has 1 aliphatic rings. The van der Waals surface area contributed by atoms with Crippen LogP contribution in [0.15, 0.2) is 57.9 Å². The summed E-state index contributed by atoms with van der Waals surface area (Å²) < 4.78 is 41.7. The van der Waals surface area contributed by atoms with Gasteiger partial charge in [0.25, 0.3) is 0 Å². The average molecular weight is 398 g/mol. The highest BCUT2D eigenvalue weighted by Crippen LogP contribution is 2.51. The van der Waals surface area contributed by atoms with Gasteiger partial charge in [0.1, 0.15) is 5.82 Å². The average Bonchev–Trinajstić information content (AvgIpc) is 3.30. The van der Waals surface area contributed by atoms with E-state index in [1.807, 2.05) is 31.2 Å². The molecule has 122 valence electrons. The van der Waals surface area contributed by atoms with Crippen molar-refractivity contribution >= 4 is 26.0 Å². The first-order chi connectivity index (χ1) is 10.8. The van der Waals surface area contributed by atoms with Crippen molar-refractivity contribution in [3.05, 3.63) is 64.4 Å².